The Labute approximate surface area is 115 Å². The van der Waals surface area contributed by atoms with E-state index in [0.717, 1.165) is 16.3 Å². The molecule has 1 N–H and O–H groups in total. The third kappa shape index (κ3) is 2.42. The van der Waals surface area contributed by atoms with Crippen molar-refractivity contribution < 1.29 is 0 Å². The highest BCUT2D eigenvalue weighted by Gasteiger charge is 2.04. The van der Waals surface area contributed by atoms with Gasteiger partial charge in [-0.1, -0.05) is 17.4 Å². The monoisotopic (exact) mass is 265 g/mol. The molecule has 3 aromatic rings. The number of benzene rings is 2. The lowest BCUT2D eigenvalue weighted by Gasteiger charge is -2.01. The van der Waals surface area contributed by atoms with Gasteiger partial charge >= 0.3 is 0 Å². The molecule has 0 amide bonds. The van der Waals surface area contributed by atoms with Crippen LogP contribution in [-0.4, -0.2) is 4.98 Å². The van der Waals surface area contributed by atoms with E-state index in [2.05, 4.69) is 35.4 Å². The Morgan fingerprint density at radius 3 is 2.68 bits per heavy atom. The van der Waals surface area contributed by atoms with Crippen molar-refractivity contribution in [2.24, 2.45) is 0 Å². The molecule has 0 radical (unpaired) electrons. The number of hydrogen-bond acceptors (Lipinski definition) is 4. The summed E-state index contributed by atoms with van der Waals surface area (Å²) in [4.78, 5) is 4.53. The van der Waals surface area contributed by atoms with Gasteiger partial charge in [-0.15, -0.1) is 0 Å². The number of nitriles is 1. The summed E-state index contributed by atoms with van der Waals surface area (Å²) < 4.78 is 1.18. The third-order valence-corrected chi connectivity index (χ3v) is 3.74. The predicted octanol–water partition coefficient (Wildman–Crippen LogP) is 4.22. The van der Waals surface area contributed by atoms with Gasteiger partial charge in [0.1, 0.15) is 0 Å². The lowest BCUT2D eigenvalue weighted by molar-refractivity contribution is 1.42. The quantitative estimate of drug-likeness (QED) is 0.754. The molecular formula is C15H11N3S. The average molecular weight is 265 g/mol. The number of nitrogens with zero attached hydrogens (tertiary/aromatic N) is 2. The van der Waals surface area contributed by atoms with Gasteiger partial charge in [-0.3, -0.25) is 0 Å². The molecule has 0 aliphatic heterocycles. The fourth-order valence-electron chi connectivity index (χ4n) is 1.84. The van der Waals surface area contributed by atoms with Gasteiger partial charge in [0.2, 0.25) is 0 Å². The van der Waals surface area contributed by atoms with Crippen molar-refractivity contribution in [1.82, 2.24) is 4.98 Å². The molecule has 92 valence electrons. The van der Waals surface area contributed by atoms with E-state index in [-0.39, 0.29) is 0 Å². The summed E-state index contributed by atoms with van der Waals surface area (Å²) in [6, 6.07) is 15.7. The minimum absolute atomic E-state index is 0.658. The molecule has 1 heterocycles. The van der Waals surface area contributed by atoms with Gasteiger partial charge in [0, 0.05) is 5.69 Å². The van der Waals surface area contributed by atoms with Crippen molar-refractivity contribution in [3.63, 3.8) is 0 Å². The van der Waals surface area contributed by atoms with Crippen LogP contribution in [0.5, 0.6) is 0 Å². The van der Waals surface area contributed by atoms with Crippen LogP contribution >= 0.6 is 11.3 Å². The average Bonchev–Trinajstić information content (AvgIpc) is 2.81. The molecule has 0 atom stereocenters. The molecule has 4 heteroatoms. The summed E-state index contributed by atoms with van der Waals surface area (Å²) in [5, 5.41) is 12.9. The standard InChI is InChI=1S/C15H11N3S/c1-10-2-7-13-14(8-10)19-15(18-13)17-12-5-3-11(9-16)4-6-12/h2-8H,1H3,(H,17,18). The van der Waals surface area contributed by atoms with Crippen LogP contribution in [0.25, 0.3) is 10.2 Å². The Morgan fingerprint density at radius 1 is 1.16 bits per heavy atom. The second-order valence-electron chi connectivity index (χ2n) is 4.30. The Bertz CT molecular complexity index is 766. The highest BCUT2D eigenvalue weighted by molar-refractivity contribution is 7.22. The van der Waals surface area contributed by atoms with Gasteiger partial charge in [-0.2, -0.15) is 5.26 Å². The summed E-state index contributed by atoms with van der Waals surface area (Å²) in [5.41, 5.74) is 3.84. The molecule has 19 heavy (non-hydrogen) atoms. The van der Waals surface area contributed by atoms with E-state index < -0.39 is 0 Å². The smallest absolute Gasteiger partial charge is 0.188 e. The maximum absolute atomic E-state index is 8.76. The number of rotatable bonds is 2. The van der Waals surface area contributed by atoms with Gasteiger partial charge < -0.3 is 5.32 Å². The van der Waals surface area contributed by atoms with Crippen molar-refractivity contribution in [2.75, 3.05) is 5.32 Å². The number of fused-ring (bicyclic) bond motifs is 1. The number of hydrogen-bond donors (Lipinski definition) is 1. The van der Waals surface area contributed by atoms with E-state index in [1.54, 1.807) is 23.5 Å². The Kier molecular flexibility index (Phi) is 2.90. The second-order valence-corrected chi connectivity index (χ2v) is 5.33. The van der Waals surface area contributed by atoms with E-state index in [4.69, 9.17) is 5.26 Å². The van der Waals surface area contributed by atoms with E-state index in [0.29, 0.717) is 5.56 Å². The number of nitrogens with one attached hydrogen (secondary N) is 1. The second kappa shape index (κ2) is 4.71. The first-order valence-corrected chi connectivity index (χ1v) is 6.70. The minimum Gasteiger partial charge on any atom is -0.332 e. The van der Waals surface area contributed by atoms with Gasteiger partial charge in [0.15, 0.2) is 5.13 Å². The first kappa shape index (κ1) is 11.7. The van der Waals surface area contributed by atoms with E-state index in [1.165, 1.54) is 10.3 Å². The number of aryl methyl sites for hydroxylation is 1. The topological polar surface area (TPSA) is 48.7 Å². The van der Waals surface area contributed by atoms with Crippen LogP contribution in [0.1, 0.15) is 11.1 Å². The Balaban J connectivity index is 1.90. The maximum Gasteiger partial charge on any atom is 0.188 e. The molecular weight excluding hydrogens is 254 g/mol. The number of anilines is 2. The molecule has 1 aromatic heterocycles. The summed E-state index contributed by atoms with van der Waals surface area (Å²) in [5.74, 6) is 0. The lowest BCUT2D eigenvalue weighted by atomic mass is 10.2. The molecule has 3 nitrogen and oxygen atoms in total. The first-order valence-electron chi connectivity index (χ1n) is 5.89. The van der Waals surface area contributed by atoms with Crippen LogP contribution < -0.4 is 5.32 Å². The molecule has 0 aliphatic rings. The number of aromatic nitrogens is 1. The molecule has 0 bridgehead atoms. The summed E-state index contributed by atoms with van der Waals surface area (Å²) >= 11 is 1.63. The van der Waals surface area contributed by atoms with Crippen LogP contribution in [0, 0.1) is 18.3 Å². The zero-order valence-corrected chi connectivity index (χ0v) is 11.2. The molecule has 0 unspecified atom stereocenters. The normalized spacial score (nSPS) is 10.3. The van der Waals surface area contributed by atoms with Crippen molar-refractivity contribution in [2.45, 2.75) is 6.92 Å². The van der Waals surface area contributed by atoms with E-state index in [1.807, 2.05) is 18.2 Å². The third-order valence-electron chi connectivity index (χ3n) is 2.81. The molecule has 0 saturated heterocycles. The van der Waals surface area contributed by atoms with Crippen LogP contribution in [0.15, 0.2) is 42.5 Å². The summed E-state index contributed by atoms with van der Waals surface area (Å²) in [6.07, 6.45) is 0. The molecule has 2 aromatic carbocycles. The maximum atomic E-state index is 8.76. The van der Waals surface area contributed by atoms with Crippen LogP contribution in [0.3, 0.4) is 0 Å². The SMILES string of the molecule is Cc1ccc2nc(Nc3ccc(C#N)cc3)sc2c1. The largest absolute Gasteiger partial charge is 0.332 e. The van der Waals surface area contributed by atoms with Gasteiger partial charge in [0.25, 0.3) is 0 Å². The first-order chi connectivity index (χ1) is 9.24. The Morgan fingerprint density at radius 2 is 1.95 bits per heavy atom. The summed E-state index contributed by atoms with van der Waals surface area (Å²) in [6.45, 7) is 2.08. The van der Waals surface area contributed by atoms with Crippen LogP contribution in [0.2, 0.25) is 0 Å². The molecule has 0 aliphatic carbocycles. The zero-order valence-electron chi connectivity index (χ0n) is 10.3. The van der Waals surface area contributed by atoms with Crippen LogP contribution in [-0.2, 0) is 0 Å². The molecule has 3 rings (SSSR count). The van der Waals surface area contributed by atoms with Crippen molar-refractivity contribution in [3.8, 4) is 6.07 Å². The highest BCUT2D eigenvalue weighted by atomic mass is 32.1. The molecule has 0 spiro atoms. The lowest BCUT2D eigenvalue weighted by Crippen LogP contribution is -1.88. The van der Waals surface area contributed by atoms with Crippen molar-refractivity contribution >= 4 is 32.4 Å². The zero-order chi connectivity index (χ0) is 13.2. The minimum atomic E-state index is 0.658. The summed E-state index contributed by atoms with van der Waals surface area (Å²) in [7, 11) is 0. The molecule has 0 saturated carbocycles. The van der Waals surface area contributed by atoms with E-state index >= 15 is 0 Å². The number of thiazole rings is 1. The van der Waals surface area contributed by atoms with Crippen LogP contribution in [0.4, 0.5) is 10.8 Å². The van der Waals surface area contributed by atoms with Crippen molar-refractivity contribution in [3.05, 3.63) is 53.6 Å². The fraction of sp³-hybridized carbons (Fsp3) is 0.0667. The fourth-order valence-corrected chi connectivity index (χ4v) is 2.82. The highest BCUT2D eigenvalue weighted by Crippen LogP contribution is 2.28. The van der Waals surface area contributed by atoms with Crippen molar-refractivity contribution in [1.29, 1.82) is 5.26 Å². The Hall–Kier alpha value is -2.38. The van der Waals surface area contributed by atoms with Gasteiger partial charge in [-0.25, -0.2) is 4.98 Å². The van der Waals surface area contributed by atoms with Gasteiger partial charge in [-0.05, 0) is 48.9 Å². The predicted molar refractivity (Wildman–Crippen MR) is 78.8 cm³/mol. The van der Waals surface area contributed by atoms with Gasteiger partial charge in [0.05, 0.1) is 21.8 Å². The van der Waals surface area contributed by atoms with E-state index in [9.17, 15) is 0 Å². The molecule has 0 fully saturated rings.